The first-order valence-electron chi connectivity index (χ1n) is 5.18. The minimum absolute atomic E-state index is 0.576. The molecule has 1 aromatic rings. The van der Waals surface area contributed by atoms with E-state index < -0.39 is 0 Å². The third-order valence-corrected chi connectivity index (χ3v) is 2.61. The molecular weight excluding hydrogens is 206 g/mol. The minimum atomic E-state index is 0.576. The van der Waals surface area contributed by atoms with Gasteiger partial charge in [0, 0.05) is 17.2 Å². The summed E-state index contributed by atoms with van der Waals surface area (Å²) in [5, 5.41) is 0. The quantitative estimate of drug-likeness (QED) is 0.825. The summed E-state index contributed by atoms with van der Waals surface area (Å²) in [6.07, 6.45) is 0.759. The summed E-state index contributed by atoms with van der Waals surface area (Å²) in [5.74, 6) is 2.21. The van der Waals surface area contributed by atoms with Crippen LogP contribution in [0.15, 0.2) is 6.07 Å². The fourth-order valence-electron chi connectivity index (χ4n) is 1.82. The molecule has 1 aromatic carbocycles. The van der Waals surface area contributed by atoms with Crippen LogP contribution in [0.5, 0.6) is 17.2 Å². The first-order valence-corrected chi connectivity index (χ1v) is 5.18. The fraction of sp³-hybridized carbons (Fsp3) is 0.500. The number of rotatable bonds is 5. The minimum Gasteiger partial charge on any atom is -0.496 e. The van der Waals surface area contributed by atoms with Gasteiger partial charge in [-0.2, -0.15) is 0 Å². The van der Waals surface area contributed by atoms with E-state index >= 15 is 0 Å². The molecular formula is C12H19NO3. The van der Waals surface area contributed by atoms with Gasteiger partial charge in [0.25, 0.3) is 0 Å². The van der Waals surface area contributed by atoms with Gasteiger partial charge in [-0.3, -0.25) is 0 Å². The average molecular weight is 225 g/mol. The van der Waals surface area contributed by atoms with E-state index in [1.54, 1.807) is 21.3 Å². The van der Waals surface area contributed by atoms with Crippen molar-refractivity contribution in [1.29, 1.82) is 0 Å². The molecule has 0 unspecified atom stereocenters. The average Bonchev–Trinajstić information content (AvgIpc) is 2.31. The Morgan fingerprint density at radius 1 is 1.06 bits per heavy atom. The lowest BCUT2D eigenvalue weighted by atomic mass is 10.0. The fourth-order valence-corrected chi connectivity index (χ4v) is 1.82. The first-order chi connectivity index (χ1) is 7.69. The molecule has 0 atom stereocenters. The van der Waals surface area contributed by atoms with E-state index in [0.717, 1.165) is 29.0 Å². The standard InChI is InChI=1S/C12H19NO3/c1-8-9(5-6-13)10(14-2)7-11(15-3)12(8)16-4/h7H,5-6,13H2,1-4H3. The van der Waals surface area contributed by atoms with Crippen LogP contribution in [-0.2, 0) is 6.42 Å². The molecule has 4 nitrogen and oxygen atoms in total. The Bertz CT molecular complexity index is 364. The second-order valence-corrected chi connectivity index (χ2v) is 3.46. The number of hydrogen-bond acceptors (Lipinski definition) is 4. The summed E-state index contributed by atoms with van der Waals surface area (Å²) in [6.45, 7) is 2.56. The predicted molar refractivity (Wildman–Crippen MR) is 63.6 cm³/mol. The van der Waals surface area contributed by atoms with Gasteiger partial charge in [-0.05, 0) is 19.9 Å². The monoisotopic (exact) mass is 225 g/mol. The van der Waals surface area contributed by atoms with Crippen molar-refractivity contribution in [3.05, 3.63) is 17.2 Å². The van der Waals surface area contributed by atoms with Gasteiger partial charge < -0.3 is 19.9 Å². The highest BCUT2D eigenvalue weighted by Gasteiger charge is 2.16. The first kappa shape index (κ1) is 12.6. The smallest absolute Gasteiger partial charge is 0.164 e. The summed E-state index contributed by atoms with van der Waals surface area (Å²) >= 11 is 0. The van der Waals surface area contributed by atoms with E-state index in [-0.39, 0.29) is 0 Å². The summed E-state index contributed by atoms with van der Waals surface area (Å²) in [6, 6.07) is 1.83. The largest absolute Gasteiger partial charge is 0.496 e. The second-order valence-electron chi connectivity index (χ2n) is 3.46. The van der Waals surface area contributed by atoms with Crippen LogP contribution in [0, 0.1) is 6.92 Å². The van der Waals surface area contributed by atoms with Gasteiger partial charge >= 0.3 is 0 Å². The van der Waals surface area contributed by atoms with Crippen LogP contribution in [-0.4, -0.2) is 27.9 Å². The van der Waals surface area contributed by atoms with Crippen LogP contribution >= 0.6 is 0 Å². The molecule has 0 saturated carbocycles. The molecule has 4 heteroatoms. The molecule has 0 aromatic heterocycles. The maximum atomic E-state index is 5.59. The van der Waals surface area contributed by atoms with E-state index in [2.05, 4.69) is 0 Å². The zero-order valence-corrected chi connectivity index (χ0v) is 10.3. The van der Waals surface area contributed by atoms with Crippen molar-refractivity contribution in [3.63, 3.8) is 0 Å². The van der Waals surface area contributed by atoms with Crippen molar-refractivity contribution in [1.82, 2.24) is 0 Å². The molecule has 0 aliphatic rings. The Balaban J connectivity index is 3.36. The molecule has 2 N–H and O–H groups in total. The molecule has 0 radical (unpaired) electrons. The highest BCUT2D eigenvalue weighted by molar-refractivity contribution is 5.56. The molecule has 0 fully saturated rings. The van der Waals surface area contributed by atoms with Gasteiger partial charge in [0.05, 0.1) is 21.3 Å². The maximum absolute atomic E-state index is 5.59. The lowest BCUT2D eigenvalue weighted by Crippen LogP contribution is -2.07. The van der Waals surface area contributed by atoms with Crippen molar-refractivity contribution in [2.75, 3.05) is 27.9 Å². The molecule has 0 saturated heterocycles. The van der Waals surface area contributed by atoms with Crippen molar-refractivity contribution in [3.8, 4) is 17.2 Å². The van der Waals surface area contributed by atoms with Gasteiger partial charge in [0.2, 0.25) is 0 Å². The molecule has 0 amide bonds. The van der Waals surface area contributed by atoms with Crippen LogP contribution < -0.4 is 19.9 Å². The Hall–Kier alpha value is -1.42. The summed E-state index contributed by atoms with van der Waals surface area (Å²) in [4.78, 5) is 0. The highest BCUT2D eigenvalue weighted by atomic mass is 16.5. The third kappa shape index (κ3) is 2.22. The van der Waals surface area contributed by atoms with Crippen molar-refractivity contribution < 1.29 is 14.2 Å². The van der Waals surface area contributed by atoms with Crippen LogP contribution in [0.1, 0.15) is 11.1 Å². The molecule has 0 aliphatic heterocycles. The molecule has 16 heavy (non-hydrogen) atoms. The Morgan fingerprint density at radius 3 is 2.12 bits per heavy atom. The Labute approximate surface area is 96.3 Å². The van der Waals surface area contributed by atoms with Crippen LogP contribution in [0.4, 0.5) is 0 Å². The highest BCUT2D eigenvalue weighted by Crippen LogP contribution is 2.38. The van der Waals surface area contributed by atoms with E-state index in [0.29, 0.717) is 12.3 Å². The van der Waals surface area contributed by atoms with Crippen molar-refractivity contribution in [2.24, 2.45) is 5.73 Å². The van der Waals surface area contributed by atoms with Gasteiger partial charge in [0.15, 0.2) is 11.5 Å². The summed E-state index contributed by atoms with van der Waals surface area (Å²) in [5.41, 5.74) is 7.68. The predicted octanol–water partition coefficient (Wildman–Crippen LogP) is 1.52. The lowest BCUT2D eigenvalue weighted by molar-refractivity contribution is 0.345. The second kappa shape index (κ2) is 5.61. The Kier molecular flexibility index (Phi) is 4.43. The lowest BCUT2D eigenvalue weighted by Gasteiger charge is -2.17. The van der Waals surface area contributed by atoms with Crippen LogP contribution in [0.3, 0.4) is 0 Å². The number of nitrogens with two attached hydrogens (primary N) is 1. The summed E-state index contributed by atoms with van der Waals surface area (Å²) < 4.78 is 15.9. The van der Waals surface area contributed by atoms with Crippen molar-refractivity contribution in [2.45, 2.75) is 13.3 Å². The van der Waals surface area contributed by atoms with E-state index in [9.17, 15) is 0 Å². The number of hydrogen-bond donors (Lipinski definition) is 1. The summed E-state index contributed by atoms with van der Waals surface area (Å²) in [7, 11) is 4.88. The van der Waals surface area contributed by atoms with Crippen LogP contribution in [0.2, 0.25) is 0 Å². The zero-order valence-electron chi connectivity index (χ0n) is 10.3. The van der Waals surface area contributed by atoms with E-state index in [1.165, 1.54) is 0 Å². The maximum Gasteiger partial charge on any atom is 0.164 e. The topological polar surface area (TPSA) is 53.7 Å². The molecule has 0 spiro atoms. The molecule has 0 bridgehead atoms. The van der Waals surface area contributed by atoms with Gasteiger partial charge in [-0.25, -0.2) is 0 Å². The number of methoxy groups -OCH3 is 3. The van der Waals surface area contributed by atoms with Gasteiger partial charge in [-0.15, -0.1) is 0 Å². The van der Waals surface area contributed by atoms with E-state index in [1.807, 2.05) is 13.0 Å². The molecule has 90 valence electrons. The Morgan fingerprint density at radius 2 is 1.69 bits per heavy atom. The molecule has 0 aliphatic carbocycles. The van der Waals surface area contributed by atoms with Gasteiger partial charge in [-0.1, -0.05) is 0 Å². The normalized spacial score (nSPS) is 10.1. The number of benzene rings is 1. The molecule has 0 heterocycles. The van der Waals surface area contributed by atoms with Crippen molar-refractivity contribution >= 4 is 0 Å². The SMILES string of the molecule is COc1cc(OC)c(OC)c(C)c1CCN. The molecule has 1 rings (SSSR count). The zero-order chi connectivity index (χ0) is 12.1. The number of ether oxygens (including phenoxy) is 3. The third-order valence-electron chi connectivity index (χ3n) is 2.61. The van der Waals surface area contributed by atoms with E-state index in [4.69, 9.17) is 19.9 Å². The van der Waals surface area contributed by atoms with Gasteiger partial charge in [0.1, 0.15) is 5.75 Å². The van der Waals surface area contributed by atoms with Crippen LogP contribution in [0.25, 0.3) is 0 Å².